The summed E-state index contributed by atoms with van der Waals surface area (Å²) in [5, 5.41) is 0.481. The van der Waals surface area contributed by atoms with E-state index in [0.717, 1.165) is 11.1 Å². The first-order valence-electron chi connectivity index (χ1n) is 9.68. The fraction of sp³-hybridized carbons (Fsp3) is 0.167. The predicted octanol–water partition coefficient (Wildman–Crippen LogP) is 4.29. The highest BCUT2D eigenvalue weighted by Gasteiger charge is 2.29. The number of halogens is 1. The maximum atomic E-state index is 13.3. The molecule has 2 amide bonds. The van der Waals surface area contributed by atoms with Gasteiger partial charge in [0.05, 0.1) is 5.69 Å². The molecule has 0 aromatic heterocycles. The average Bonchev–Trinajstić information content (AvgIpc) is 2.77. The minimum absolute atomic E-state index is 0.0742. The Hall–Kier alpha value is -3.31. The second-order valence-corrected chi connectivity index (χ2v) is 7.54. The van der Waals surface area contributed by atoms with E-state index < -0.39 is 0 Å². The molecule has 30 heavy (non-hydrogen) atoms. The number of hydrogen-bond donors (Lipinski definition) is 0. The SMILES string of the molecule is O=C(CN1C(=O)COc2ccc(Cl)cc21)N(Cc1ccccc1)Cc1ccccc1. The van der Waals surface area contributed by atoms with Crippen LogP contribution in [0.2, 0.25) is 5.02 Å². The van der Waals surface area contributed by atoms with Crippen molar-refractivity contribution in [1.82, 2.24) is 4.90 Å². The van der Waals surface area contributed by atoms with Crippen LogP contribution in [0.5, 0.6) is 5.75 Å². The van der Waals surface area contributed by atoms with Crippen molar-refractivity contribution < 1.29 is 14.3 Å². The molecule has 0 radical (unpaired) electrons. The van der Waals surface area contributed by atoms with Gasteiger partial charge in [-0.3, -0.25) is 14.5 Å². The average molecular weight is 421 g/mol. The highest BCUT2D eigenvalue weighted by atomic mass is 35.5. The number of ether oxygens (including phenoxy) is 1. The van der Waals surface area contributed by atoms with Gasteiger partial charge in [0.1, 0.15) is 12.3 Å². The summed E-state index contributed by atoms with van der Waals surface area (Å²) >= 11 is 6.11. The van der Waals surface area contributed by atoms with Crippen LogP contribution in [0.1, 0.15) is 11.1 Å². The number of hydrogen-bond acceptors (Lipinski definition) is 3. The molecular weight excluding hydrogens is 400 g/mol. The molecule has 0 spiro atoms. The van der Waals surface area contributed by atoms with E-state index in [4.69, 9.17) is 16.3 Å². The van der Waals surface area contributed by atoms with E-state index in [1.165, 1.54) is 4.90 Å². The van der Waals surface area contributed by atoms with Gasteiger partial charge in [-0.1, -0.05) is 72.3 Å². The molecular formula is C24H21ClN2O3. The summed E-state index contributed by atoms with van der Waals surface area (Å²) < 4.78 is 5.48. The Kier molecular flexibility index (Phi) is 6.00. The van der Waals surface area contributed by atoms with Crippen LogP contribution in [0, 0.1) is 0 Å². The number of anilines is 1. The summed E-state index contributed by atoms with van der Waals surface area (Å²) in [6, 6.07) is 24.7. The van der Waals surface area contributed by atoms with Crippen LogP contribution in [-0.2, 0) is 22.7 Å². The lowest BCUT2D eigenvalue weighted by Crippen LogP contribution is -2.46. The first kappa shape index (κ1) is 20.0. The Morgan fingerprint density at radius 1 is 0.933 bits per heavy atom. The number of benzene rings is 3. The second-order valence-electron chi connectivity index (χ2n) is 7.10. The molecule has 1 aliphatic rings. The van der Waals surface area contributed by atoms with Gasteiger partial charge in [-0.15, -0.1) is 0 Å². The molecule has 0 atom stereocenters. The molecule has 4 rings (SSSR count). The van der Waals surface area contributed by atoms with Crippen molar-refractivity contribution >= 4 is 29.1 Å². The van der Waals surface area contributed by atoms with Crippen molar-refractivity contribution in [3.8, 4) is 5.75 Å². The molecule has 6 heteroatoms. The molecule has 5 nitrogen and oxygen atoms in total. The Bertz CT molecular complexity index is 999. The summed E-state index contributed by atoms with van der Waals surface area (Å²) in [6.45, 7) is 0.736. The molecule has 0 saturated heterocycles. The van der Waals surface area contributed by atoms with Crippen molar-refractivity contribution in [2.75, 3.05) is 18.1 Å². The Balaban J connectivity index is 1.58. The summed E-state index contributed by atoms with van der Waals surface area (Å²) in [5.41, 5.74) is 2.57. The van der Waals surface area contributed by atoms with Gasteiger partial charge in [0.15, 0.2) is 6.61 Å². The van der Waals surface area contributed by atoms with Gasteiger partial charge in [-0.05, 0) is 29.3 Å². The lowest BCUT2D eigenvalue weighted by atomic mass is 10.1. The van der Waals surface area contributed by atoms with E-state index in [9.17, 15) is 9.59 Å². The van der Waals surface area contributed by atoms with E-state index in [2.05, 4.69) is 0 Å². The van der Waals surface area contributed by atoms with Crippen LogP contribution in [-0.4, -0.2) is 29.9 Å². The topological polar surface area (TPSA) is 49.9 Å². The molecule has 3 aromatic rings. The van der Waals surface area contributed by atoms with Crippen molar-refractivity contribution in [3.63, 3.8) is 0 Å². The standard InChI is InChI=1S/C24H21ClN2O3/c25-20-11-12-22-21(13-20)27(24(29)17-30-22)16-23(28)26(14-18-7-3-1-4-8-18)15-19-9-5-2-6-10-19/h1-13H,14-17H2. The van der Waals surface area contributed by atoms with Gasteiger partial charge in [0, 0.05) is 18.1 Å². The van der Waals surface area contributed by atoms with E-state index in [1.54, 1.807) is 23.1 Å². The third-order valence-corrected chi connectivity index (χ3v) is 5.18. The molecule has 0 N–H and O–H groups in total. The number of fused-ring (bicyclic) bond motifs is 1. The maximum Gasteiger partial charge on any atom is 0.265 e. The Labute approximate surface area is 180 Å². The molecule has 0 bridgehead atoms. The number of carbonyl (C=O) groups is 2. The van der Waals surface area contributed by atoms with Crippen LogP contribution in [0.3, 0.4) is 0 Å². The van der Waals surface area contributed by atoms with E-state index in [1.807, 2.05) is 60.7 Å². The normalized spacial score (nSPS) is 12.8. The fourth-order valence-electron chi connectivity index (χ4n) is 3.42. The molecule has 0 saturated carbocycles. The van der Waals surface area contributed by atoms with Crippen LogP contribution in [0.15, 0.2) is 78.9 Å². The molecule has 0 aliphatic carbocycles. The first-order valence-corrected chi connectivity index (χ1v) is 10.1. The quantitative estimate of drug-likeness (QED) is 0.597. The van der Waals surface area contributed by atoms with E-state index in [-0.39, 0.29) is 25.0 Å². The number of nitrogens with zero attached hydrogens (tertiary/aromatic N) is 2. The van der Waals surface area contributed by atoms with Crippen LogP contribution < -0.4 is 9.64 Å². The Morgan fingerprint density at radius 3 is 2.13 bits per heavy atom. The predicted molar refractivity (Wildman–Crippen MR) is 116 cm³/mol. The minimum Gasteiger partial charge on any atom is -0.482 e. The van der Waals surface area contributed by atoms with Crippen molar-refractivity contribution in [1.29, 1.82) is 0 Å². The van der Waals surface area contributed by atoms with Gasteiger partial charge in [-0.25, -0.2) is 0 Å². The van der Waals surface area contributed by atoms with Gasteiger partial charge >= 0.3 is 0 Å². The zero-order valence-electron chi connectivity index (χ0n) is 16.3. The number of rotatable bonds is 6. The van der Waals surface area contributed by atoms with Gasteiger partial charge in [0.2, 0.25) is 5.91 Å². The van der Waals surface area contributed by atoms with Gasteiger partial charge in [-0.2, -0.15) is 0 Å². The van der Waals surface area contributed by atoms with Crippen molar-refractivity contribution in [3.05, 3.63) is 95.0 Å². The fourth-order valence-corrected chi connectivity index (χ4v) is 3.59. The van der Waals surface area contributed by atoms with Crippen LogP contribution in [0.25, 0.3) is 0 Å². The molecule has 0 unspecified atom stereocenters. The van der Waals surface area contributed by atoms with Crippen molar-refractivity contribution in [2.24, 2.45) is 0 Å². The largest absolute Gasteiger partial charge is 0.482 e. The zero-order valence-corrected chi connectivity index (χ0v) is 17.1. The van der Waals surface area contributed by atoms with Gasteiger partial charge < -0.3 is 9.64 Å². The third-order valence-electron chi connectivity index (χ3n) is 4.94. The van der Waals surface area contributed by atoms with Crippen molar-refractivity contribution in [2.45, 2.75) is 13.1 Å². The van der Waals surface area contributed by atoms with Gasteiger partial charge in [0.25, 0.3) is 5.91 Å². The summed E-state index contributed by atoms with van der Waals surface area (Å²) in [4.78, 5) is 29.1. The number of carbonyl (C=O) groups excluding carboxylic acids is 2. The highest BCUT2D eigenvalue weighted by Crippen LogP contribution is 2.34. The summed E-state index contributed by atoms with van der Waals surface area (Å²) in [7, 11) is 0. The molecule has 152 valence electrons. The van der Waals surface area contributed by atoms with Crippen LogP contribution >= 0.6 is 11.6 Å². The second kappa shape index (κ2) is 9.01. The Morgan fingerprint density at radius 2 is 1.53 bits per heavy atom. The highest BCUT2D eigenvalue weighted by molar-refractivity contribution is 6.31. The molecule has 0 fully saturated rings. The third kappa shape index (κ3) is 4.63. The first-order chi connectivity index (χ1) is 14.6. The molecule has 3 aromatic carbocycles. The minimum atomic E-state index is -0.266. The molecule has 1 heterocycles. The van der Waals surface area contributed by atoms with E-state index >= 15 is 0 Å². The number of amides is 2. The zero-order chi connectivity index (χ0) is 20.9. The monoisotopic (exact) mass is 420 g/mol. The lowest BCUT2D eigenvalue weighted by Gasteiger charge is -2.31. The van der Waals surface area contributed by atoms with Crippen LogP contribution in [0.4, 0.5) is 5.69 Å². The summed E-state index contributed by atoms with van der Waals surface area (Å²) in [5.74, 6) is 0.130. The maximum absolute atomic E-state index is 13.3. The smallest absolute Gasteiger partial charge is 0.265 e. The molecule has 1 aliphatic heterocycles. The lowest BCUT2D eigenvalue weighted by molar-refractivity contribution is -0.133. The summed E-state index contributed by atoms with van der Waals surface area (Å²) in [6.07, 6.45) is 0. The van der Waals surface area contributed by atoms with E-state index in [0.29, 0.717) is 29.5 Å².